The molecule has 47 heavy (non-hydrogen) atoms. The van der Waals surface area contributed by atoms with Gasteiger partial charge in [0.25, 0.3) is 0 Å². The second-order valence-corrected chi connectivity index (χ2v) is 11.9. The summed E-state index contributed by atoms with van der Waals surface area (Å²) in [4.78, 5) is 12.9. The number of halogens is 17. The summed E-state index contributed by atoms with van der Waals surface area (Å²) in [5.74, 6) is -59.1. The van der Waals surface area contributed by atoms with Crippen molar-refractivity contribution in [3.05, 3.63) is 12.7 Å². The Morgan fingerprint density at radius 1 is 0.660 bits per heavy atom. The van der Waals surface area contributed by atoms with Gasteiger partial charge in [-0.05, 0) is 19.3 Å². The van der Waals surface area contributed by atoms with Crippen molar-refractivity contribution in [3.63, 3.8) is 0 Å². The highest BCUT2D eigenvalue weighted by atomic mass is 19.4. The summed E-state index contributed by atoms with van der Waals surface area (Å²) in [7, 11) is 4.40. The van der Waals surface area contributed by atoms with Crippen molar-refractivity contribution in [1.29, 1.82) is 0 Å². The molecule has 0 aromatic carbocycles. The van der Waals surface area contributed by atoms with Gasteiger partial charge in [-0.25, -0.2) is 0 Å². The third kappa shape index (κ3) is 9.35. The fourth-order valence-corrected chi connectivity index (χ4v) is 3.88. The Bertz CT molecular complexity index is 1020. The van der Waals surface area contributed by atoms with Crippen molar-refractivity contribution in [3.8, 4) is 0 Å². The number of aliphatic hydroxyl groups is 1. The Balaban J connectivity index is 6.29. The van der Waals surface area contributed by atoms with Crippen molar-refractivity contribution in [2.24, 2.45) is 0 Å². The average molecular weight is 732 g/mol. The highest BCUT2D eigenvalue weighted by Gasteiger charge is 2.95. The highest BCUT2D eigenvalue weighted by Crippen LogP contribution is 2.64. The SMILES string of the molecule is C=CCCCCCCCCC(=O)N(CC[N+](C)(C)C)CC(O)C(F)(F)C(F)(F)C(F)(F)C(F)(F)C(F)(F)C(F)(F)C(F)(F)C(F)(F)F. The van der Waals surface area contributed by atoms with Crippen LogP contribution < -0.4 is 0 Å². The molecule has 1 N–H and O–H groups in total. The van der Waals surface area contributed by atoms with Gasteiger partial charge in [0.2, 0.25) is 5.91 Å². The van der Waals surface area contributed by atoms with E-state index in [4.69, 9.17) is 0 Å². The molecule has 0 heterocycles. The van der Waals surface area contributed by atoms with Crippen LogP contribution in [0.1, 0.15) is 51.4 Å². The second kappa shape index (κ2) is 15.2. The molecule has 0 fully saturated rings. The lowest BCUT2D eigenvalue weighted by molar-refractivity contribution is -0.869. The van der Waals surface area contributed by atoms with Crippen molar-refractivity contribution < 1.29 is 89.0 Å². The van der Waals surface area contributed by atoms with Crippen LogP contribution in [-0.4, -0.2) is 115 Å². The van der Waals surface area contributed by atoms with Crippen LogP contribution in [0.3, 0.4) is 0 Å². The number of rotatable bonds is 21. The van der Waals surface area contributed by atoms with Gasteiger partial charge in [-0.3, -0.25) is 4.79 Å². The van der Waals surface area contributed by atoms with E-state index in [-0.39, 0.29) is 22.3 Å². The van der Waals surface area contributed by atoms with Crippen molar-refractivity contribution in [2.45, 2.75) is 105 Å². The Morgan fingerprint density at radius 2 is 1.04 bits per heavy atom. The van der Waals surface area contributed by atoms with Gasteiger partial charge in [0.1, 0.15) is 6.10 Å². The Labute approximate surface area is 259 Å². The lowest BCUT2D eigenvalue weighted by Crippen LogP contribution is -2.75. The summed E-state index contributed by atoms with van der Waals surface area (Å²) in [6.07, 6.45) is -6.84. The molecule has 0 saturated heterocycles. The molecule has 4 nitrogen and oxygen atoms in total. The van der Waals surface area contributed by atoms with Crippen molar-refractivity contribution >= 4 is 5.91 Å². The third-order valence-corrected chi connectivity index (χ3v) is 7.00. The van der Waals surface area contributed by atoms with E-state index in [0.29, 0.717) is 19.3 Å². The van der Waals surface area contributed by atoms with Gasteiger partial charge in [-0.15, -0.1) is 6.58 Å². The Kier molecular flexibility index (Phi) is 14.6. The smallest absolute Gasteiger partial charge is 0.385 e. The number of amides is 1. The van der Waals surface area contributed by atoms with E-state index in [9.17, 15) is 84.5 Å². The summed E-state index contributed by atoms with van der Waals surface area (Å²) < 4.78 is 231. The van der Waals surface area contributed by atoms with Crippen molar-refractivity contribution in [1.82, 2.24) is 4.90 Å². The van der Waals surface area contributed by atoms with E-state index < -0.39 is 79.2 Å². The molecular weight excluding hydrogens is 695 g/mol. The maximum absolute atomic E-state index is 14.6. The Hall–Kier alpha value is -2.06. The molecule has 0 rings (SSSR count). The van der Waals surface area contributed by atoms with E-state index in [1.165, 1.54) is 21.1 Å². The van der Waals surface area contributed by atoms with Gasteiger partial charge in [0.05, 0.1) is 40.8 Å². The maximum Gasteiger partial charge on any atom is 0.460 e. The fourth-order valence-electron chi connectivity index (χ4n) is 3.88. The van der Waals surface area contributed by atoms with Gasteiger partial charge < -0.3 is 14.5 Å². The van der Waals surface area contributed by atoms with Crippen LogP contribution in [0.25, 0.3) is 0 Å². The third-order valence-electron chi connectivity index (χ3n) is 7.00. The van der Waals surface area contributed by atoms with E-state index in [2.05, 4.69) is 6.58 Å². The molecule has 1 unspecified atom stereocenters. The average Bonchev–Trinajstić information content (AvgIpc) is 2.90. The molecule has 0 aliphatic rings. The van der Waals surface area contributed by atoms with Gasteiger partial charge in [-0.2, -0.15) is 74.6 Å². The lowest BCUT2D eigenvalue weighted by atomic mass is 9.87. The number of carbonyl (C=O) groups excluding carboxylic acids is 1. The first kappa shape index (κ1) is 44.9. The van der Waals surface area contributed by atoms with E-state index in [0.717, 1.165) is 19.3 Å². The van der Waals surface area contributed by atoms with Gasteiger partial charge in [0.15, 0.2) is 0 Å². The molecule has 0 spiro atoms. The van der Waals surface area contributed by atoms with Crippen LogP contribution in [-0.2, 0) is 4.79 Å². The Morgan fingerprint density at radius 3 is 1.45 bits per heavy atom. The first-order valence-corrected chi connectivity index (χ1v) is 13.8. The summed E-state index contributed by atoms with van der Waals surface area (Å²) in [5, 5.41) is 9.78. The number of aliphatic hydroxyl groups excluding tert-OH is 1. The number of alkyl halides is 17. The van der Waals surface area contributed by atoms with Gasteiger partial charge in [0, 0.05) is 6.42 Å². The quantitative estimate of drug-likeness (QED) is 0.0560. The molecule has 0 saturated carbocycles. The molecule has 0 aliphatic carbocycles. The largest absolute Gasteiger partial charge is 0.460 e. The van der Waals surface area contributed by atoms with Crippen LogP contribution in [0.2, 0.25) is 0 Å². The minimum Gasteiger partial charge on any atom is -0.385 e. The zero-order valence-electron chi connectivity index (χ0n) is 25.3. The van der Waals surface area contributed by atoms with Crippen LogP contribution >= 0.6 is 0 Å². The fraction of sp³-hybridized carbons (Fsp3) is 0.885. The van der Waals surface area contributed by atoms with E-state index in [1.54, 1.807) is 6.08 Å². The number of allylic oxidation sites excluding steroid dienone is 1. The molecule has 0 bridgehead atoms. The van der Waals surface area contributed by atoms with E-state index in [1.807, 2.05) is 0 Å². The number of unbranched alkanes of at least 4 members (excludes halogenated alkanes) is 6. The minimum absolute atomic E-state index is 0.0622. The number of nitrogens with zero attached hydrogens (tertiary/aromatic N) is 2. The molecular formula is C26H36F17N2O2+. The van der Waals surface area contributed by atoms with Crippen LogP contribution in [0.4, 0.5) is 74.6 Å². The summed E-state index contributed by atoms with van der Waals surface area (Å²) in [5.41, 5.74) is 0. The molecule has 280 valence electrons. The first-order valence-electron chi connectivity index (χ1n) is 13.8. The number of likely N-dealkylation sites (N-methyl/N-ethyl adjacent to an activating group) is 1. The zero-order valence-corrected chi connectivity index (χ0v) is 25.3. The second-order valence-electron chi connectivity index (χ2n) is 11.9. The first-order chi connectivity index (χ1) is 20.7. The number of hydrogen-bond acceptors (Lipinski definition) is 2. The molecule has 1 atom stereocenters. The van der Waals surface area contributed by atoms with E-state index >= 15 is 0 Å². The number of carbonyl (C=O) groups is 1. The monoisotopic (exact) mass is 731 g/mol. The van der Waals surface area contributed by atoms with Gasteiger partial charge in [-0.1, -0.05) is 31.8 Å². The predicted molar refractivity (Wildman–Crippen MR) is 133 cm³/mol. The van der Waals surface area contributed by atoms with Gasteiger partial charge >= 0.3 is 47.6 Å². The van der Waals surface area contributed by atoms with Crippen LogP contribution in [0.15, 0.2) is 12.7 Å². The molecule has 0 aromatic heterocycles. The normalized spacial score (nSPS) is 15.5. The predicted octanol–water partition coefficient (Wildman–Crippen LogP) is 8.20. The number of quaternary nitrogens is 1. The highest BCUT2D eigenvalue weighted by molar-refractivity contribution is 5.76. The summed E-state index contributed by atoms with van der Waals surface area (Å²) in [6, 6.07) is 0. The molecule has 0 aromatic rings. The molecule has 1 amide bonds. The standard InChI is InChI=1S/C26H36F17N2O2/c1-5-6-7-8-9-10-11-12-13-18(47)44(14-15-45(2,3)4)16-17(46)19(27,28)20(29,30)21(31,32)22(33,34)23(35,36)24(37,38)25(39,40)26(41,42)43/h5,17,46H,1,6-16H2,2-4H3/q+1. The summed E-state index contributed by atoms with van der Waals surface area (Å²) >= 11 is 0. The molecule has 0 radical (unpaired) electrons. The lowest BCUT2D eigenvalue weighted by Gasteiger charge is -2.43. The number of hydrogen-bond donors (Lipinski definition) is 1. The maximum atomic E-state index is 14.6. The van der Waals surface area contributed by atoms with Crippen LogP contribution in [0, 0.1) is 0 Å². The van der Waals surface area contributed by atoms with Crippen molar-refractivity contribution in [2.75, 3.05) is 40.8 Å². The zero-order chi connectivity index (χ0) is 37.7. The topological polar surface area (TPSA) is 40.5 Å². The molecule has 21 heteroatoms. The summed E-state index contributed by atoms with van der Waals surface area (Å²) in [6.45, 7) is 0.656. The minimum atomic E-state index is -8.76. The molecule has 0 aliphatic heterocycles. The van der Waals surface area contributed by atoms with Crippen LogP contribution in [0.5, 0.6) is 0 Å².